The van der Waals surface area contributed by atoms with E-state index in [2.05, 4.69) is 10.3 Å². The number of nitrogens with one attached hydrogen (secondary N) is 1. The van der Waals surface area contributed by atoms with Gasteiger partial charge >= 0.3 is 0 Å². The Kier molecular flexibility index (Phi) is 4.49. The minimum absolute atomic E-state index is 0.103. The number of nitrogens with zero attached hydrogens (tertiary/aromatic N) is 2. The van der Waals surface area contributed by atoms with Crippen LogP contribution in [0.15, 0.2) is 4.42 Å². The first-order chi connectivity index (χ1) is 7.56. The standard InChI is InChI=1S/C11H19N3O2/c1-8-10(16-9(2)13-8)11(15)14(4)7-5-6-12-3/h12H,5-7H2,1-4H3. The molecule has 0 aromatic carbocycles. The van der Waals surface area contributed by atoms with E-state index in [0.29, 0.717) is 23.9 Å². The van der Waals surface area contributed by atoms with Crippen LogP contribution in [0.2, 0.25) is 0 Å². The highest BCUT2D eigenvalue weighted by molar-refractivity contribution is 5.92. The van der Waals surface area contributed by atoms with Gasteiger partial charge in [0.15, 0.2) is 5.89 Å². The van der Waals surface area contributed by atoms with Gasteiger partial charge in [0.2, 0.25) is 5.76 Å². The lowest BCUT2D eigenvalue weighted by Gasteiger charge is -2.15. The second-order valence-corrected chi connectivity index (χ2v) is 3.83. The average molecular weight is 225 g/mol. The van der Waals surface area contributed by atoms with Crippen LogP contribution >= 0.6 is 0 Å². The molecule has 16 heavy (non-hydrogen) atoms. The number of hydrogen-bond acceptors (Lipinski definition) is 4. The van der Waals surface area contributed by atoms with E-state index in [4.69, 9.17) is 4.42 Å². The Morgan fingerprint density at radius 3 is 2.69 bits per heavy atom. The zero-order chi connectivity index (χ0) is 12.1. The van der Waals surface area contributed by atoms with Crippen molar-refractivity contribution < 1.29 is 9.21 Å². The molecule has 5 heteroatoms. The van der Waals surface area contributed by atoms with Crippen molar-refractivity contribution in [3.63, 3.8) is 0 Å². The lowest BCUT2D eigenvalue weighted by atomic mass is 10.3. The van der Waals surface area contributed by atoms with E-state index in [0.717, 1.165) is 13.0 Å². The molecule has 0 spiro atoms. The first-order valence-electron chi connectivity index (χ1n) is 5.40. The summed E-state index contributed by atoms with van der Waals surface area (Å²) in [5.41, 5.74) is 0.656. The summed E-state index contributed by atoms with van der Waals surface area (Å²) in [7, 11) is 3.67. The third-order valence-electron chi connectivity index (χ3n) is 2.36. The fourth-order valence-electron chi connectivity index (χ4n) is 1.50. The van der Waals surface area contributed by atoms with Crippen LogP contribution in [0.25, 0.3) is 0 Å². The van der Waals surface area contributed by atoms with Crippen LogP contribution in [-0.4, -0.2) is 43.0 Å². The van der Waals surface area contributed by atoms with Gasteiger partial charge in [-0.05, 0) is 26.9 Å². The summed E-state index contributed by atoms with van der Waals surface area (Å²) in [5.74, 6) is 0.781. The maximum absolute atomic E-state index is 11.9. The van der Waals surface area contributed by atoms with Gasteiger partial charge in [-0.25, -0.2) is 4.98 Å². The minimum Gasteiger partial charge on any atom is -0.436 e. The summed E-state index contributed by atoms with van der Waals surface area (Å²) in [4.78, 5) is 17.7. The number of aromatic nitrogens is 1. The van der Waals surface area contributed by atoms with Crippen LogP contribution in [-0.2, 0) is 0 Å². The number of oxazole rings is 1. The van der Waals surface area contributed by atoms with Crippen molar-refractivity contribution in [1.82, 2.24) is 15.2 Å². The van der Waals surface area contributed by atoms with Crippen LogP contribution in [0.3, 0.4) is 0 Å². The molecule has 0 radical (unpaired) electrons. The number of rotatable bonds is 5. The number of hydrogen-bond donors (Lipinski definition) is 1. The molecule has 90 valence electrons. The zero-order valence-corrected chi connectivity index (χ0v) is 10.3. The monoisotopic (exact) mass is 225 g/mol. The van der Waals surface area contributed by atoms with E-state index in [1.807, 2.05) is 7.05 Å². The molecule has 0 fully saturated rings. The molecule has 0 saturated carbocycles. The van der Waals surface area contributed by atoms with Crippen molar-refractivity contribution in [2.75, 3.05) is 27.2 Å². The molecule has 1 aromatic rings. The third kappa shape index (κ3) is 3.06. The molecule has 1 rings (SSSR count). The number of aryl methyl sites for hydroxylation is 2. The first-order valence-corrected chi connectivity index (χ1v) is 5.40. The molecule has 1 N–H and O–H groups in total. The number of amides is 1. The number of carbonyl (C=O) groups is 1. The fourth-order valence-corrected chi connectivity index (χ4v) is 1.50. The topological polar surface area (TPSA) is 58.4 Å². The smallest absolute Gasteiger partial charge is 0.291 e. The second kappa shape index (κ2) is 5.65. The van der Waals surface area contributed by atoms with Gasteiger partial charge in [-0.3, -0.25) is 4.79 Å². The van der Waals surface area contributed by atoms with Gasteiger partial charge in [-0.1, -0.05) is 0 Å². The van der Waals surface area contributed by atoms with Gasteiger partial charge in [0, 0.05) is 20.5 Å². The van der Waals surface area contributed by atoms with E-state index in [1.54, 1.807) is 25.8 Å². The van der Waals surface area contributed by atoms with Gasteiger partial charge in [-0.15, -0.1) is 0 Å². The molecule has 1 amide bonds. The third-order valence-corrected chi connectivity index (χ3v) is 2.36. The Morgan fingerprint density at radius 2 is 2.19 bits per heavy atom. The van der Waals surface area contributed by atoms with E-state index in [9.17, 15) is 4.79 Å². The van der Waals surface area contributed by atoms with Crippen molar-refractivity contribution in [3.8, 4) is 0 Å². The van der Waals surface area contributed by atoms with Crippen LogP contribution < -0.4 is 5.32 Å². The molecule has 0 unspecified atom stereocenters. The molecule has 0 aliphatic heterocycles. The van der Waals surface area contributed by atoms with Crippen molar-refractivity contribution in [2.45, 2.75) is 20.3 Å². The molecule has 0 atom stereocenters. The van der Waals surface area contributed by atoms with Crippen LogP contribution in [0, 0.1) is 13.8 Å². The Labute approximate surface area is 95.8 Å². The maximum Gasteiger partial charge on any atom is 0.291 e. The lowest BCUT2D eigenvalue weighted by molar-refractivity contribution is 0.0760. The van der Waals surface area contributed by atoms with Gasteiger partial charge in [0.25, 0.3) is 5.91 Å². The van der Waals surface area contributed by atoms with E-state index < -0.39 is 0 Å². The molecular weight excluding hydrogens is 206 g/mol. The predicted molar refractivity (Wildman–Crippen MR) is 61.5 cm³/mol. The summed E-state index contributed by atoms with van der Waals surface area (Å²) >= 11 is 0. The van der Waals surface area contributed by atoms with Crippen LogP contribution in [0.1, 0.15) is 28.6 Å². The average Bonchev–Trinajstić information content (AvgIpc) is 2.57. The van der Waals surface area contributed by atoms with E-state index in [1.165, 1.54) is 0 Å². The van der Waals surface area contributed by atoms with E-state index >= 15 is 0 Å². The Hall–Kier alpha value is -1.36. The zero-order valence-electron chi connectivity index (χ0n) is 10.3. The molecule has 1 aromatic heterocycles. The molecule has 1 heterocycles. The van der Waals surface area contributed by atoms with Gasteiger partial charge in [0.1, 0.15) is 0 Å². The fraction of sp³-hybridized carbons (Fsp3) is 0.636. The molecule has 0 aliphatic carbocycles. The van der Waals surface area contributed by atoms with Crippen molar-refractivity contribution in [3.05, 3.63) is 17.3 Å². The summed E-state index contributed by atoms with van der Waals surface area (Å²) in [6.45, 7) is 5.13. The quantitative estimate of drug-likeness (QED) is 0.759. The molecule has 0 saturated heterocycles. The normalized spacial score (nSPS) is 10.5. The minimum atomic E-state index is -0.103. The maximum atomic E-state index is 11.9. The highest BCUT2D eigenvalue weighted by Gasteiger charge is 2.19. The van der Waals surface area contributed by atoms with Gasteiger partial charge in [0.05, 0.1) is 5.69 Å². The van der Waals surface area contributed by atoms with Crippen molar-refractivity contribution in [2.24, 2.45) is 0 Å². The molecular formula is C11H19N3O2. The number of carbonyl (C=O) groups excluding carboxylic acids is 1. The predicted octanol–water partition coefficient (Wildman–Crippen LogP) is 0.973. The van der Waals surface area contributed by atoms with Gasteiger partial charge < -0.3 is 14.6 Å². The summed E-state index contributed by atoms with van der Waals surface area (Å²) in [6.07, 6.45) is 0.922. The largest absolute Gasteiger partial charge is 0.436 e. The highest BCUT2D eigenvalue weighted by atomic mass is 16.4. The summed E-state index contributed by atoms with van der Waals surface area (Å²) in [5, 5.41) is 3.04. The highest BCUT2D eigenvalue weighted by Crippen LogP contribution is 2.11. The summed E-state index contributed by atoms with van der Waals surface area (Å²) < 4.78 is 5.29. The summed E-state index contributed by atoms with van der Waals surface area (Å²) in [6, 6.07) is 0. The molecule has 0 bridgehead atoms. The van der Waals surface area contributed by atoms with Crippen molar-refractivity contribution in [1.29, 1.82) is 0 Å². The lowest BCUT2D eigenvalue weighted by Crippen LogP contribution is -2.29. The first kappa shape index (κ1) is 12.7. The van der Waals surface area contributed by atoms with Gasteiger partial charge in [-0.2, -0.15) is 0 Å². The Bertz CT molecular complexity index is 360. The van der Waals surface area contributed by atoms with Crippen molar-refractivity contribution >= 4 is 5.91 Å². The molecule has 5 nitrogen and oxygen atoms in total. The molecule has 0 aliphatic rings. The van der Waals surface area contributed by atoms with E-state index in [-0.39, 0.29) is 5.91 Å². The SMILES string of the molecule is CNCCCN(C)C(=O)c1oc(C)nc1C. The van der Waals surface area contributed by atoms with Crippen LogP contribution in [0.5, 0.6) is 0 Å². The Morgan fingerprint density at radius 1 is 1.50 bits per heavy atom. The van der Waals surface area contributed by atoms with Crippen LogP contribution in [0.4, 0.5) is 0 Å². The Balaban J connectivity index is 2.60. The second-order valence-electron chi connectivity index (χ2n) is 3.83.